The number of thiazole rings is 1. The summed E-state index contributed by atoms with van der Waals surface area (Å²) < 4.78 is 10.9. The van der Waals surface area contributed by atoms with E-state index in [0.717, 1.165) is 22.1 Å². The second kappa shape index (κ2) is 7.11. The van der Waals surface area contributed by atoms with Gasteiger partial charge in [-0.3, -0.25) is 0 Å². The fourth-order valence-corrected chi connectivity index (χ4v) is 3.21. The summed E-state index contributed by atoms with van der Waals surface area (Å²) >= 11 is 1.47. The molecule has 25 heavy (non-hydrogen) atoms. The van der Waals surface area contributed by atoms with Crippen molar-refractivity contribution in [3.63, 3.8) is 0 Å². The van der Waals surface area contributed by atoms with E-state index in [-0.39, 0.29) is 12.6 Å². The molecule has 0 unspecified atom stereocenters. The van der Waals surface area contributed by atoms with Crippen LogP contribution >= 0.6 is 11.3 Å². The highest BCUT2D eigenvalue weighted by atomic mass is 32.1. The number of aryl methyl sites for hydroxylation is 3. The zero-order valence-corrected chi connectivity index (χ0v) is 15.5. The molecule has 1 N–H and O–H groups in total. The number of aromatic nitrogens is 1. The Morgan fingerprint density at radius 1 is 1.16 bits per heavy atom. The lowest BCUT2D eigenvalue weighted by Crippen LogP contribution is -2.07. The van der Waals surface area contributed by atoms with Crippen molar-refractivity contribution in [1.82, 2.24) is 4.98 Å². The molecule has 0 atom stereocenters. The number of furan rings is 1. The van der Waals surface area contributed by atoms with Crippen LogP contribution in [0.2, 0.25) is 0 Å². The summed E-state index contributed by atoms with van der Waals surface area (Å²) in [5, 5.41) is 5.89. The van der Waals surface area contributed by atoms with Crippen molar-refractivity contribution >= 4 is 28.1 Å². The van der Waals surface area contributed by atoms with Gasteiger partial charge >= 0.3 is 5.97 Å². The van der Waals surface area contributed by atoms with E-state index in [1.165, 1.54) is 16.9 Å². The van der Waals surface area contributed by atoms with Crippen molar-refractivity contribution in [2.75, 3.05) is 5.32 Å². The summed E-state index contributed by atoms with van der Waals surface area (Å²) in [6.45, 7) is 7.64. The Morgan fingerprint density at radius 2 is 1.88 bits per heavy atom. The molecule has 0 aliphatic heterocycles. The maximum Gasteiger partial charge on any atom is 0.342 e. The first-order valence-electron chi connectivity index (χ1n) is 7.96. The third-order valence-corrected chi connectivity index (χ3v) is 4.78. The standard InChI is InChI=1S/C19H20N2O3S/c1-11-5-7-15(8-6-11)20-19-21-16(10-25-19)9-23-18(22)17-12(2)13(3)24-14(17)4/h5-8,10H,9H2,1-4H3,(H,20,21). The normalized spacial score (nSPS) is 10.7. The van der Waals surface area contributed by atoms with Crippen LogP contribution in [0, 0.1) is 27.7 Å². The lowest BCUT2D eigenvalue weighted by molar-refractivity contribution is 0.0466. The molecule has 0 fully saturated rings. The van der Waals surface area contributed by atoms with Gasteiger partial charge in [-0.15, -0.1) is 11.3 Å². The van der Waals surface area contributed by atoms with Gasteiger partial charge in [0.25, 0.3) is 0 Å². The van der Waals surface area contributed by atoms with E-state index in [0.29, 0.717) is 17.0 Å². The van der Waals surface area contributed by atoms with Gasteiger partial charge in [0.2, 0.25) is 0 Å². The van der Waals surface area contributed by atoms with E-state index in [4.69, 9.17) is 9.15 Å². The quantitative estimate of drug-likeness (QED) is 0.647. The van der Waals surface area contributed by atoms with E-state index in [1.807, 2.05) is 50.4 Å². The maximum absolute atomic E-state index is 12.3. The fraction of sp³-hybridized carbons (Fsp3) is 0.263. The third-order valence-electron chi connectivity index (χ3n) is 3.97. The van der Waals surface area contributed by atoms with Gasteiger partial charge in [0.1, 0.15) is 23.7 Å². The lowest BCUT2D eigenvalue weighted by Gasteiger charge is -2.04. The van der Waals surface area contributed by atoms with Crippen LogP contribution in [0.4, 0.5) is 10.8 Å². The molecule has 0 bridgehead atoms. The molecule has 3 aromatic rings. The molecule has 0 amide bonds. The summed E-state index contributed by atoms with van der Waals surface area (Å²) in [6, 6.07) is 8.08. The van der Waals surface area contributed by atoms with Gasteiger partial charge in [0.05, 0.1) is 5.69 Å². The number of ether oxygens (including phenoxy) is 1. The zero-order chi connectivity index (χ0) is 18.0. The van der Waals surface area contributed by atoms with Crippen LogP contribution < -0.4 is 5.32 Å². The van der Waals surface area contributed by atoms with Gasteiger partial charge in [0, 0.05) is 16.6 Å². The van der Waals surface area contributed by atoms with Gasteiger partial charge in [0.15, 0.2) is 5.13 Å². The summed E-state index contributed by atoms with van der Waals surface area (Å²) in [4.78, 5) is 16.7. The van der Waals surface area contributed by atoms with Crippen molar-refractivity contribution in [2.24, 2.45) is 0 Å². The minimum Gasteiger partial charge on any atom is -0.465 e. The highest BCUT2D eigenvalue weighted by Crippen LogP contribution is 2.24. The first-order chi connectivity index (χ1) is 11.9. The second-order valence-electron chi connectivity index (χ2n) is 5.93. The second-order valence-corrected chi connectivity index (χ2v) is 6.78. The molecular weight excluding hydrogens is 336 g/mol. The van der Waals surface area contributed by atoms with Gasteiger partial charge in [-0.1, -0.05) is 17.7 Å². The van der Waals surface area contributed by atoms with Crippen LogP contribution in [0.15, 0.2) is 34.1 Å². The highest BCUT2D eigenvalue weighted by Gasteiger charge is 2.20. The van der Waals surface area contributed by atoms with Crippen molar-refractivity contribution in [2.45, 2.75) is 34.3 Å². The molecule has 0 aliphatic carbocycles. The highest BCUT2D eigenvalue weighted by molar-refractivity contribution is 7.13. The minimum atomic E-state index is -0.382. The molecule has 1 aromatic carbocycles. The molecule has 2 aromatic heterocycles. The molecule has 0 radical (unpaired) electrons. The molecule has 0 aliphatic rings. The number of hydrogen-bond acceptors (Lipinski definition) is 6. The number of anilines is 2. The van der Waals surface area contributed by atoms with Crippen molar-refractivity contribution in [3.8, 4) is 0 Å². The summed E-state index contributed by atoms with van der Waals surface area (Å²) in [5.41, 5.74) is 4.22. The van der Waals surface area contributed by atoms with Gasteiger partial charge in [-0.05, 0) is 39.8 Å². The van der Waals surface area contributed by atoms with Crippen molar-refractivity contribution in [1.29, 1.82) is 0 Å². The number of benzene rings is 1. The van der Waals surface area contributed by atoms with Crippen molar-refractivity contribution in [3.05, 3.63) is 63.6 Å². The number of carbonyl (C=O) groups excluding carboxylic acids is 1. The van der Waals surface area contributed by atoms with E-state index in [2.05, 4.69) is 10.3 Å². The van der Waals surface area contributed by atoms with E-state index < -0.39 is 0 Å². The third kappa shape index (κ3) is 3.91. The van der Waals surface area contributed by atoms with Gasteiger partial charge in [-0.25, -0.2) is 9.78 Å². The summed E-state index contributed by atoms with van der Waals surface area (Å²) in [7, 11) is 0. The van der Waals surface area contributed by atoms with Crippen LogP contribution in [-0.2, 0) is 11.3 Å². The Balaban J connectivity index is 1.61. The number of esters is 1. The minimum absolute atomic E-state index is 0.133. The van der Waals surface area contributed by atoms with Crippen LogP contribution in [0.1, 0.15) is 38.7 Å². The average Bonchev–Trinajstić information content (AvgIpc) is 3.12. The summed E-state index contributed by atoms with van der Waals surface area (Å²) in [6.07, 6.45) is 0. The Hall–Kier alpha value is -2.60. The molecule has 6 heteroatoms. The molecule has 2 heterocycles. The first-order valence-corrected chi connectivity index (χ1v) is 8.84. The Kier molecular flexibility index (Phi) is 4.90. The maximum atomic E-state index is 12.3. The molecule has 0 saturated carbocycles. The number of nitrogens with one attached hydrogen (secondary N) is 1. The molecule has 0 spiro atoms. The first kappa shape index (κ1) is 17.2. The fourth-order valence-electron chi connectivity index (χ4n) is 2.50. The average molecular weight is 356 g/mol. The molecule has 5 nitrogen and oxygen atoms in total. The van der Waals surface area contributed by atoms with Crippen LogP contribution in [-0.4, -0.2) is 11.0 Å². The lowest BCUT2D eigenvalue weighted by atomic mass is 10.1. The van der Waals surface area contributed by atoms with Gasteiger partial charge < -0.3 is 14.5 Å². The van der Waals surface area contributed by atoms with Crippen molar-refractivity contribution < 1.29 is 13.9 Å². The predicted octanol–water partition coefficient (Wildman–Crippen LogP) is 5.07. The van der Waals surface area contributed by atoms with Crippen LogP contribution in [0.3, 0.4) is 0 Å². The Bertz CT molecular complexity index is 894. The SMILES string of the molecule is Cc1ccc(Nc2nc(COC(=O)c3c(C)oc(C)c3C)cs2)cc1. The zero-order valence-electron chi connectivity index (χ0n) is 14.7. The van der Waals surface area contributed by atoms with Crippen LogP contribution in [0.5, 0.6) is 0 Å². The Labute approximate surface area is 150 Å². The Morgan fingerprint density at radius 3 is 2.52 bits per heavy atom. The number of carbonyl (C=O) groups is 1. The molecule has 3 rings (SSSR count). The number of rotatable bonds is 5. The molecular formula is C19H20N2O3S. The van der Waals surface area contributed by atoms with E-state index in [9.17, 15) is 4.79 Å². The smallest absolute Gasteiger partial charge is 0.342 e. The van der Waals surface area contributed by atoms with E-state index >= 15 is 0 Å². The van der Waals surface area contributed by atoms with Crippen LogP contribution in [0.25, 0.3) is 0 Å². The number of hydrogen-bond donors (Lipinski definition) is 1. The largest absolute Gasteiger partial charge is 0.465 e. The van der Waals surface area contributed by atoms with Gasteiger partial charge in [-0.2, -0.15) is 0 Å². The predicted molar refractivity (Wildman–Crippen MR) is 98.6 cm³/mol. The summed E-state index contributed by atoms with van der Waals surface area (Å²) in [5.74, 6) is 0.940. The molecule has 0 saturated heterocycles. The topological polar surface area (TPSA) is 64.4 Å². The van der Waals surface area contributed by atoms with E-state index in [1.54, 1.807) is 6.92 Å². The monoisotopic (exact) mass is 356 g/mol. The molecule has 130 valence electrons. The number of nitrogens with zero attached hydrogens (tertiary/aromatic N) is 1.